The molecule has 2 amide bonds. The van der Waals surface area contributed by atoms with Crippen LogP contribution in [0, 0.1) is 5.92 Å². The Morgan fingerprint density at radius 2 is 2.29 bits per heavy atom. The van der Waals surface area contributed by atoms with E-state index in [0.717, 1.165) is 22.3 Å². The minimum Gasteiger partial charge on any atom is -0.342 e. The van der Waals surface area contributed by atoms with Gasteiger partial charge >= 0.3 is 0 Å². The molecule has 2 heterocycles. The van der Waals surface area contributed by atoms with Gasteiger partial charge in [0.25, 0.3) is 0 Å². The smallest absolute Gasteiger partial charge is 0.250 e. The maximum Gasteiger partial charge on any atom is 0.250 e. The molecule has 0 saturated carbocycles. The highest BCUT2D eigenvalue weighted by Gasteiger charge is 2.36. The fraction of sp³-hybridized carbons (Fsp3) is 0.400. The Balaban J connectivity index is 1.95. The standard InChI is InChI=1S/C15H17N3O2S/c1-3-9(2)14-15(20)18(7-13(19)17-14)10-4-5-11-12(6-10)21-8-16-11/h4-6,8-9,14H,3,7H2,1-2H3,(H,17,19). The average Bonchev–Trinajstić information content (AvgIpc) is 2.95. The van der Waals surface area contributed by atoms with Crippen molar-refractivity contribution < 1.29 is 9.59 Å². The summed E-state index contributed by atoms with van der Waals surface area (Å²) in [6, 6.07) is 5.23. The van der Waals surface area contributed by atoms with Crippen LogP contribution in [0.3, 0.4) is 0 Å². The topological polar surface area (TPSA) is 62.3 Å². The third-order valence-electron chi connectivity index (χ3n) is 3.99. The highest BCUT2D eigenvalue weighted by molar-refractivity contribution is 7.16. The van der Waals surface area contributed by atoms with Gasteiger partial charge in [0.2, 0.25) is 11.8 Å². The van der Waals surface area contributed by atoms with Crippen molar-refractivity contribution in [3.63, 3.8) is 0 Å². The molecule has 0 radical (unpaired) electrons. The van der Waals surface area contributed by atoms with Crippen LogP contribution in [0.4, 0.5) is 5.69 Å². The molecule has 1 aliphatic rings. The number of nitrogens with one attached hydrogen (secondary N) is 1. The van der Waals surface area contributed by atoms with Crippen molar-refractivity contribution in [1.82, 2.24) is 10.3 Å². The van der Waals surface area contributed by atoms with Crippen LogP contribution in [0.25, 0.3) is 10.2 Å². The number of rotatable bonds is 3. The van der Waals surface area contributed by atoms with Crippen LogP contribution < -0.4 is 10.2 Å². The molecule has 1 N–H and O–H groups in total. The molecule has 5 nitrogen and oxygen atoms in total. The third-order valence-corrected chi connectivity index (χ3v) is 4.78. The summed E-state index contributed by atoms with van der Waals surface area (Å²) in [4.78, 5) is 30.4. The Morgan fingerprint density at radius 3 is 3.05 bits per heavy atom. The van der Waals surface area contributed by atoms with E-state index in [0.29, 0.717) is 0 Å². The predicted molar refractivity (Wildman–Crippen MR) is 83.4 cm³/mol. The Labute approximate surface area is 127 Å². The summed E-state index contributed by atoms with van der Waals surface area (Å²) in [5, 5.41) is 2.81. The first kappa shape index (κ1) is 14.0. The second-order valence-electron chi connectivity index (χ2n) is 5.36. The first-order valence-corrected chi connectivity index (χ1v) is 7.92. The Bertz CT molecular complexity index is 697. The lowest BCUT2D eigenvalue weighted by molar-refractivity contribution is -0.132. The van der Waals surface area contributed by atoms with Crippen molar-refractivity contribution >= 4 is 39.1 Å². The largest absolute Gasteiger partial charge is 0.342 e. The molecule has 1 aliphatic heterocycles. The number of anilines is 1. The summed E-state index contributed by atoms with van der Waals surface area (Å²) in [7, 11) is 0. The molecule has 0 bridgehead atoms. The Kier molecular flexibility index (Phi) is 3.63. The lowest BCUT2D eigenvalue weighted by Crippen LogP contribution is -2.60. The quantitative estimate of drug-likeness (QED) is 0.945. The Hall–Kier alpha value is -1.95. The summed E-state index contributed by atoms with van der Waals surface area (Å²) in [5.41, 5.74) is 3.46. The van der Waals surface area contributed by atoms with Gasteiger partial charge in [0.1, 0.15) is 12.6 Å². The van der Waals surface area contributed by atoms with Gasteiger partial charge in [0, 0.05) is 5.69 Å². The minimum atomic E-state index is -0.437. The fourth-order valence-corrected chi connectivity index (χ4v) is 3.23. The lowest BCUT2D eigenvalue weighted by Gasteiger charge is -2.35. The number of benzene rings is 1. The van der Waals surface area contributed by atoms with Crippen molar-refractivity contribution in [2.45, 2.75) is 26.3 Å². The minimum absolute atomic E-state index is 0.0344. The highest BCUT2D eigenvalue weighted by Crippen LogP contribution is 2.26. The monoisotopic (exact) mass is 303 g/mol. The van der Waals surface area contributed by atoms with Gasteiger partial charge in [0.15, 0.2) is 0 Å². The SMILES string of the molecule is CCC(C)C1NC(=O)CN(c2ccc3ncsc3c2)C1=O. The van der Waals surface area contributed by atoms with E-state index in [2.05, 4.69) is 10.3 Å². The van der Waals surface area contributed by atoms with E-state index in [1.54, 1.807) is 10.4 Å². The van der Waals surface area contributed by atoms with Gasteiger partial charge < -0.3 is 10.2 Å². The first-order valence-electron chi connectivity index (χ1n) is 7.04. The zero-order valence-electron chi connectivity index (χ0n) is 12.0. The zero-order chi connectivity index (χ0) is 15.0. The molecule has 6 heteroatoms. The molecule has 1 fully saturated rings. The Morgan fingerprint density at radius 1 is 1.48 bits per heavy atom. The second-order valence-corrected chi connectivity index (χ2v) is 6.25. The third kappa shape index (κ3) is 2.51. The van der Waals surface area contributed by atoms with E-state index in [4.69, 9.17) is 0 Å². The molecule has 2 atom stereocenters. The predicted octanol–water partition coefficient (Wildman–Crippen LogP) is 2.17. The number of carbonyl (C=O) groups excluding carboxylic acids is 2. The van der Waals surface area contributed by atoms with Crippen molar-refractivity contribution in [1.29, 1.82) is 0 Å². The normalized spacial score (nSPS) is 20.7. The van der Waals surface area contributed by atoms with Crippen LogP contribution in [0.5, 0.6) is 0 Å². The molecule has 1 aromatic heterocycles. The number of carbonyl (C=O) groups is 2. The van der Waals surface area contributed by atoms with Gasteiger partial charge in [-0.05, 0) is 24.1 Å². The number of fused-ring (bicyclic) bond motifs is 1. The van der Waals surface area contributed by atoms with Crippen molar-refractivity contribution in [3.8, 4) is 0 Å². The number of piperazine rings is 1. The van der Waals surface area contributed by atoms with Crippen LogP contribution in [-0.4, -0.2) is 29.4 Å². The number of hydrogen-bond acceptors (Lipinski definition) is 4. The van der Waals surface area contributed by atoms with E-state index in [1.165, 1.54) is 11.3 Å². The van der Waals surface area contributed by atoms with E-state index in [9.17, 15) is 9.59 Å². The van der Waals surface area contributed by atoms with Crippen LogP contribution in [0.15, 0.2) is 23.7 Å². The van der Waals surface area contributed by atoms with Crippen molar-refractivity contribution in [2.24, 2.45) is 5.92 Å². The molecule has 0 aliphatic carbocycles. The van der Waals surface area contributed by atoms with Gasteiger partial charge in [0.05, 0.1) is 15.7 Å². The average molecular weight is 303 g/mol. The van der Waals surface area contributed by atoms with Crippen LogP contribution in [0.2, 0.25) is 0 Å². The van der Waals surface area contributed by atoms with Crippen molar-refractivity contribution in [3.05, 3.63) is 23.7 Å². The number of aromatic nitrogens is 1. The maximum atomic E-state index is 12.6. The van der Waals surface area contributed by atoms with Crippen molar-refractivity contribution in [2.75, 3.05) is 11.4 Å². The second kappa shape index (κ2) is 5.44. The summed E-state index contributed by atoms with van der Waals surface area (Å²) in [6.07, 6.45) is 0.846. The molecule has 2 unspecified atom stereocenters. The molecule has 0 spiro atoms. The summed E-state index contributed by atoms with van der Waals surface area (Å²) >= 11 is 1.53. The number of amides is 2. The van der Waals surface area contributed by atoms with Crippen LogP contribution >= 0.6 is 11.3 Å². The first-order chi connectivity index (χ1) is 10.1. The van der Waals surface area contributed by atoms with E-state index >= 15 is 0 Å². The lowest BCUT2D eigenvalue weighted by atomic mass is 9.96. The van der Waals surface area contributed by atoms with E-state index in [1.807, 2.05) is 32.0 Å². The highest BCUT2D eigenvalue weighted by atomic mass is 32.1. The molecule has 2 aromatic rings. The summed E-state index contributed by atoms with van der Waals surface area (Å²) in [6.45, 7) is 4.08. The maximum absolute atomic E-state index is 12.6. The fourth-order valence-electron chi connectivity index (χ4n) is 2.52. The van der Waals surface area contributed by atoms with E-state index in [-0.39, 0.29) is 24.3 Å². The number of hydrogen-bond donors (Lipinski definition) is 1. The molecule has 1 saturated heterocycles. The molecular weight excluding hydrogens is 286 g/mol. The summed E-state index contributed by atoms with van der Waals surface area (Å²) in [5.74, 6) is -0.0199. The number of nitrogens with zero attached hydrogens (tertiary/aromatic N) is 2. The van der Waals surface area contributed by atoms with Gasteiger partial charge in [-0.1, -0.05) is 20.3 Å². The molecular formula is C15H17N3O2S. The number of thiazole rings is 1. The van der Waals surface area contributed by atoms with Gasteiger partial charge in [-0.25, -0.2) is 4.98 Å². The van der Waals surface area contributed by atoms with E-state index < -0.39 is 6.04 Å². The van der Waals surface area contributed by atoms with Crippen LogP contribution in [-0.2, 0) is 9.59 Å². The molecule has 1 aromatic carbocycles. The van der Waals surface area contributed by atoms with Crippen LogP contribution in [0.1, 0.15) is 20.3 Å². The molecule has 110 valence electrons. The summed E-state index contributed by atoms with van der Waals surface area (Å²) < 4.78 is 1.02. The van der Waals surface area contributed by atoms with Gasteiger partial charge in [-0.2, -0.15) is 0 Å². The molecule has 21 heavy (non-hydrogen) atoms. The molecule has 3 rings (SSSR count). The zero-order valence-corrected chi connectivity index (χ0v) is 12.8. The van der Waals surface area contributed by atoms with Gasteiger partial charge in [-0.3, -0.25) is 9.59 Å². The van der Waals surface area contributed by atoms with Gasteiger partial charge in [-0.15, -0.1) is 11.3 Å².